The summed E-state index contributed by atoms with van der Waals surface area (Å²) in [6.45, 7) is 0. The first-order valence-corrected chi connectivity index (χ1v) is 6.79. The van der Waals surface area contributed by atoms with Crippen molar-refractivity contribution in [2.75, 3.05) is 7.11 Å². The third-order valence-electron chi connectivity index (χ3n) is 3.96. The lowest BCUT2D eigenvalue weighted by molar-refractivity contribution is 0.369. The molecule has 1 aromatic carbocycles. The number of benzene rings is 1. The van der Waals surface area contributed by atoms with Crippen molar-refractivity contribution in [3.63, 3.8) is 0 Å². The molecule has 0 saturated heterocycles. The van der Waals surface area contributed by atoms with Crippen LogP contribution >= 0.6 is 0 Å². The summed E-state index contributed by atoms with van der Waals surface area (Å²) in [6, 6.07) is 5.55. The monoisotopic (exact) mass is 251 g/mol. The van der Waals surface area contributed by atoms with E-state index < -0.39 is 0 Å². The van der Waals surface area contributed by atoms with E-state index in [0.29, 0.717) is 11.7 Å². The first kappa shape index (κ1) is 13.3. The molecule has 0 aromatic heterocycles. The van der Waals surface area contributed by atoms with Crippen molar-refractivity contribution >= 4 is 0 Å². The lowest BCUT2D eigenvalue weighted by Gasteiger charge is -2.21. The van der Waals surface area contributed by atoms with Crippen molar-refractivity contribution < 1.29 is 9.13 Å². The summed E-state index contributed by atoms with van der Waals surface area (Å²) in [4.78, 5) is 0. The average molecular weight is 251 g/mol. The summed E-state index contributed by atoms with van der Waals surface area (Å²) in [5.74, 6) is 0.500. The van der Waals surface area contributed by atoms with E-state index in [1.165, 1.54) is 26.4 Å². The molecule has 0 amide bonds. The zero-order valence-electron chi connectivity index (χ0n) is 11.0. The molecule has 2 atom stereocenters. The van der Waals surface area contributed by atoms with Gasteiger partial charge >= 0.3 is 0 Å². The van der Waals surface area contributed by atoms with E-state index in [9.17, 15) is 4.39 Å². The van der Waals surface area contributed by atoms with Gasteiger partial charge in [-0.05, 0) is 36.8 Å². The smallest absolute Gasteiger partial charge is 0.168 e. The normalized spacial score (nSPS) is 24.6. The van der Waals surface area contributed by atoms with Crippen molar-refractivity contribution in [3.05, 3.63) is 29.6 Å². The molecule has 2 N–H and O–H groups in total. The van der Waals surface area contributed by atoms with Crippen molar-refractivity contribution in [2.24, 2.45) is 11.7 Å². The Labute approximate surface area is 108 Å². The van der Waals surface area contributed by atoms with Crippen LogP contribution in [0.4, 0.5) is 4.39 Å². The van der Waals surface area contributed by atoms with Crippen LogP contribution in [0.2, 0.25) is 0 Å². The fourth-order valence-corrected chi connectivity index (χ4v) is 2.82. The summed E-state index contributed by atoms with van der Waals surface area (Å²) in [5.41, 5.74) is 6.93. The topological polar surface area (TPSA) is 35.2 Å². The van der Waals surface area contributed by atoms with E-state index in [-0.39, 0.29) is 11.9 Å². The average Bonchev–Trinajstić information content (AvgIpc) is 2.57. The van der Waals surface area contributed by atoms with E-state index in [2.05, 4.69) is 0 Å². The van der Waals surface area contributed by atoms with Gasteiger partial charge in [-0.25, -0.2) is 4.39 Å². The SMILES string of the molecule is COc1cccc(CC2CCCCCC2N)c1F. The van der Waals surface area contributed by atoms with Crippen LogP contribution in [0.1, 0.15) is 37.7 Å². The molecule has 1 aliphatic rings. The number of halogens is 1. The van der Waals surface area contributed by atoms with Gasteiger partial charge in [0.2, 0.25) is 0 Å². The zero-order chi connectivity index (χ0) is 13.0. The molecular weight excluding hydrogens is 229 g/mol. The largest absolute Gasteiger partial charge is 0.494 e. The highest BCUT2D eigenvalue weighted by Crippen LogP contribution is 2.28. The molecule has 1 saturated carbocycles. The lowest BCUT2D eigenvalue weighted by atomic mass is 9.88. The number of ether oxygens (including phenoxy) is 1. The van der Waals surface area contributed by atoms with Gasteiger partial charge in [0, 0.05) is 6.04 Å². The van der Waals surface area contributed by atoms with Crippen molar-refractivity contribution in [2.45, 2.75) is 44.6 Å². The second kappa shape index (κ2) is 6.19. The molecule has 0 bridgehead atoms. The first-order chi connectivity index (χ1) is 8.72. The molecular formula is C15H22FNO. The molecule has 1 aromatic rings. The maximum absolute atomic E-state index is 14.1. The minimum Gasteiger partial charge on any atom is -0.494 e. The number of hydrogen-bond acceptors (Lipinski definition) is 2. The van der Waals surface area contributed by atoms with E-state index >= 15 is 0 Å². The second-order valence-corrected chi connectivity index (χ2v) is 5.20. The summed E-state index contributed by atoms with van der Waals surface area (Å²) in [6.07, 6.45) is 6.57. The van der Waals surface area contributed by atoms with E-state index in [1.807, 2.05) is 12.1 Å². The highest BCUT2D eigenvalue weighted by atomic mass is 19.1. The van der Waals surface area contributed by atoms with Gasteiger partial charge in [-0.15, -0.1) is 0 Å². The molecule has 1 fully saturated rings. The quantitative estimate of drug-likeness (QED) is 0.837. The van der Waals surface area contributed by atoms with E-state index in [0.717, 1.165) is 24.8 Å². The van der Waals surface area contributed by atoms with Crippen LogP contribution in [0.25, 0.3) is 0 Å². The molecule has 0 aliphatic heterocycles. The second-order valence-electron chi connectivity index (χ2n) is 5.20. The van der Waals surface area contributed by atoms with Gasteiger partial charge in [0.15, 0.2) is 11.6 Å². The van der Waals surface area contributed by atoms with Crippen molar-refractivity contribution in [1.82, 2.24) is 0 Å². The van der Waals surface area contributed by atoms with Crippen LogP contribution in [0.5, 0.6) is 5.75 Å². The van der Waals surface area contributed by atoms with Gasteiger partial charge in [-0.2, -0.15) is 0 Å². The zero-order valence-corrected chi connectivity index (χ0v) is 11.0. The molecule has 2 rings (SSSR count). The number of nitrogens with two attached hydrogens (primary N) is 1. The standard InChI is InChI=1S/C15H22FNO/c1-18-14-9-5-7-12(15(14)16)10-11-6-3-2-4-8-13(11)17/h5,7,9,11,13H,2-4,6,8,10,17H2,1H3. The minimum absolute atomic E-state index is 0.207. The molecule has 0 spiro atoms. The molecule has 3 heteroatoms. The fraction of sp³-hybridized carbons (Fsp3) is 0.600. The maximum atomic E-state index is 14.1. The van der Waals surface area contributed by atoms with Gasteiger partial charge in [0.25, 0.3) is 0 Å². The summed E-state index contributed by atoms with van der Waals surface area (Å²) in [5, 5.41) is 0. The number of rotatable bonds is 3. The molecule has 1 aliphatic carbocycles. The van der Waals surface area contributed by atoms with Crippen LogP contribution in [0.3, 0.4) is 0 Å². The van der Waals surface area contributed by atoms with E-state index in [4.69, 9.17) is 10.5 Å². The summed E-state index contributed by atoms with van der Waals surface area (Å²) < 4.78 is 19.1. The molecule has 100 valence electrons. The Morgan fingerprint density at radius 3 is 2.83 bits per heavy atom. The molecule has 2 nitrogen and oxygen atoms in total. The summed E-state index contributed by atoms with van der Waals surface area (Å²) in [7, 11) is 1.50. The van der Waals surface area contributed by atoms with Gasteiger partial charge in [-0.3, -0.25) is 0 Å². The van der Waals surface area contributed by atoms with Crippen LogP contribution in [0.15, 0.2) is 18.2 Å². The highest BCUT2D eigenvalue weighted by Gasteiger charge is 2.22. The molecule has 18 heavy (non-hydrogen) atoms. The molecule has 2 unspecified atom stereocenters. The van der Waals surface area contributed by atoms with Gasteiger partial charge < -0.3 is 10.5 Å². The molecule has 0 heterocycles. The van der Waals surface area contributed by atoms with Crippen LogP contribution in [-0.4, -0.2) is 13.2 Å². The predicted molar refractivity (Wildman–Crippen MR) is 71.2 cm³/mol. The Kier molecular flexibility index (Phi) is 4.59. The minimum atomic E-state index is -0.226. The number of methoxy groups -OCH3 is 1. The van der Waals surface area contributed by atoms with Gasteiger partial charge in [-0.1, -0.05) is 31.4 Å². The van der Waals surface area contributed by atoms with Crippen LogP contribution in [-0.2, 0) is 6.42 Å². The number of hydrogen-bond donors (Lipinski definition) is 1. The Morgan fingerprint density at radius 2 is 2.06 bits per heavy atom. The fourth-order valence-electron chi connectivity index (χ4n) is 2.82. The first-order valence-electron chi connectivity index (χ1n) is 6.79. The predicted octanol–water partition coefficient (Wildman–Crippen LogP) is 3.28. The van der Waals surface area contributed by atoms with Gasteiger partial charge in [0.1, 0.15) is 0 Å². The van der Waals surface area contributed by atoms with Crippen molar-refractivity contribution in [1.29, 1.82) is 0 Å². The van der Waals surface area contributed by atoms with Crippen LogP contribution in [0, 0.1) is 11.7 Å². The third kappa shape index (κ3) is 3.02. The Bertz CT molecular complexity index is 394. The lowest BCUT2D eigenvalue weighted by Crippen LogP contribution is -2.30. The Balaban J connectivity index is 2.12. The summed E-state index contributed by atoms with van der Waals surface area (Å²) >= 11 is 0. The maximum Gasteiger partial charge on any atom is 0.168 e. The third-order valence-corrected chi connectivity index (χ3v) is 3.96. The van der Waals surface area contributed by atoms with Gasteiger partial charge in [0.05, 0.1) is 7.11 Å². The van der Waals surface area contributed by atoms with E-state index in [1.54, 1.807) is 6.07 Å². The molecule has 0 radical (unpaired) electrons. The Morgan fingerprint density at radius 1 is 1.28 bits per heavy atom. The highest BCUT2D eigenvalue weighted by molar-refractivity contribution is 5.31. The Hall–Kier alpha value is -1.09. The van der Waals surface area contributed by atoms with Crippen LogP contribution < -0.4 is 10.5 Å². The van der Waals surface area contributed by atoms with Crippen molar-refractivity contribution in [3.8, 4) is 5.75 Å².